The van der Waals surface area contributed by atoms with E-state index in [4.69, 9.17) is 0 Å². The van der Waals surface area contributed by atoms with Gasteiger partial charge in [-0.1, -0.05) is 48.0 Å². The largest absolute Gasteiger partial charge is 0.245 e. The molecule has 4 nitrogen and oxygen atoms in total. The Hall–Kier alpha value is -2.79. The summed E-state index contributed by atoms with van der Waals surface area (Å²) in [5, 5.41) is -0.000406. The van der Waals surface area contributed by atoms with Crippen molar-refractivity contribution < 1.29 is 8.42 Å². The molecule has 1 aliphatic heterocycles. The second-order valence-corrected chi connectivity index (χ2v) is 7.49. The van der Waals surface area contributed by atoms with Crippen LogP contribution in [0.25, 0.3) is 0 Å². The number of aromatic nitrogens is 1. The van der Waals surface area contributed by atoms with Crippen molar-refractivity contribution in [2.45, 2.75) is 16.8 Å². The average Bonchev–Trinajstić information content (AvgIpc) is 2.70. The fourth-order valence-corrected chi connectivity index (χ4v) is 4.30. The van der Waals surface area contributed by atoms with E-state index >= 15 is 0 Å². The first-order valence-corrected chi connectivity index (χ1v) is 9.01. The number of aliphatic imine (C=N–C) groups is 1. The maximum absolute atomic E-state index is 13.0. The monoisotopic (exact) mass is 334 g/mol. The van der Waals surface area contributed by atoms with Crippen LogP contribution < -0.4 is 0 Å². The molecule has 0 saturated carbocycles. The summed E-state index contributed by atoms with van der Waals surface area (Å²) in [5.41, 5.74) is 3.61. The Morgan fingerprint density at radius 1 is 0.875 bits per heavy atom. The number of rotatable bonds is 1. The van der Waals surface area contributed by atoms with E-state index in [0.717, 1.165) is 11.1 Å². The number of benzene rings is 2. The van der Waals surface area contributed by atoms with Crippen molar-refractivity contribution in [3.05, 3.63) is 83.6 Å². The lowest BCUT2D eigenvalue weighted by atomic mass is 10.0. The highest BCUT2D eigenvalue weighted by molar-refractivity contribution is 7.91. The van der Waals surface area contributed by atoms with E-state index in [1.807, 2.05) is 37.3 Å². The molecule has 0 bridgehead atoms. The molecule has 0 aliphatic carbocycles. The molecule has 2 aromatic carbocycles. The van der Waals surface area contributed by atoms with Crippen molar-refractivity contribution >= 4 is 21.2 Å². The van der Waals surface area contributed by atoms with Crippen LogP contribution in [0.3, 0.4) is 0 Å². The number of sulfone groups is 1. The number of nitrogens with zero attached hydrogens (tertiary/aromatic N) is 2. The standard InChI is InChI=1S/C19H14N2O2S/c1-13-8-10-14(11-9-13)18-15-5-2-3-7-17(15)24(22,23)19-16(21-18)6-4-12-20-19/h2-12H,1H3. The molecule has 4 rings (SSSR count). The van der Waals surface area contributed by atoms with E-state index in [2.05, 4.69) is 9.98 Å². The van der Waals surface area contributed by atoms with Gasteiger partial charge in [-0.2, -0.15) is 0 Å². The van der Waals surface area contributed by atoms with Crippen LogP contribution in [0.2, 0.25) is 0 Å². The molecule has 0 spiro atoms. The molecule has 24 heavy (non-hydrogen) atoms. The highest BCUT2D eigenvalue weighted by Gasteiger charge is 2.30. The van der Waals surface area contributed by atoms with Gasteiger partial charge in [0.2, 0.25) is 9.84 Å². The minimum absolute atomic E-state index is 0.000406. The Morgan fingerprint density at radius 2 is 1.62 bits per heavy atom. The molecule has 0 amide bonds. The normalized spacial score (nSPS) is 15.0. The van der Waals surface area contributed by atoms with Gasteiger partial charge in [0.25, 0.3) is 0 Å². The summed E-state index contributed by atoms with van der Waals surface area (Å²) in [6.45, 7) is 2.01. The van der Waals surface area contributed by atoms with Crippen LogP contribution in [0.1, 0.15) is 16.7 Å². The number of hydrogen-bond acceptors (Lipinski definition) is 4. The van der Waals surface area contributed by atoms with Crippen LogP contribution in [0.5, 0.6) is 0 Å². The third-order valence-electron chi connectivity index (χ3n) is 3.99. The van der Waals surface area contributed by atoms with Crippen LogP contribution in [-0.4, -0.2) is 19.1 Å². The third-order valence-corrected chi connectivity index (χ3v) is 5.75. The number of fused-ring (bicyclic) bond motifs is 2. The second-order valence-electron chi connectivity index (χ2n) is 5.65. The van der Waals surface area contributed by atoms with Crippen molar-refractivity contribution in [1.29, 1.82) is 0 Å². The molecule has 1 aliphatic rings. The van der Waals surface area contributed by atoms with Gasteiger partial charge in [-0.3, -0.25) is 0 Å². The lowest BCUT2D eigenvalue weighted by molar-refractivity contribution is 0.593. The van der Waals surface area contributed by atoms with Crippen LogP contribution in [0.4, 0.5) is 5.69 Å². The lowest BCUT2D eigenvalue weighted by Gasteiger charge is -2.09. The molecule has 0 saturated heterocycles. The summed E-state index contributed by atoms with van der Waals surface area (Å²) < 4.78 is 26.0. The molecule has 0 unspecified atom stereocenters. The Kier molecular flexibility index (Phi) is 3.32. The van der Waals surface area contributed by atoms with Gasteiger partial charge in [-0.15, -0.1) is 0 Å². The zero-order valence-electron chi connectivity index (χ0n) is 13.0. The summed E-state index contributed by atoms with van der Waals surface area (Å²) in [7, 11) is -3.71. The molecule has 5 heteroatoms. The third kappa shape index (κ3) is 2.25. The highest BCUT2D eigenvalue weighted by Crippen LogP contribution is 2.35. The molecule has 3 aromatic rings. The van der Waals surface area contributed by atoms with Crippen molar-refractivity contribution in [1.82, 2.24) is 4.98 Å². The molecular formula is C19H14N2O2S. The average molecular weight is 334 g/mol. The van der Waals surface area contributed by atoms with E-state index in [1.165, 1.54) is 6.20 Å². The maximum Gasteiger partial charge on any atom is 0.226 e. The SMILES string of the molecule is Cc1ccc(C2=Nc3cccnc3S(=O)(=O)c3ccccc32)cc1. The van der Waals surface area contributed by atoms with E-state index in [-0.39, 0.29) is 9.92 Å². The summed E-state index contributed by atoms with van der Waals surface area (Å²) in [6.07, 6.45) is 1.48. The first-order valence-electron chi connectivity index (χ1n) is 7.52. The zero-order chi connectivity index (χ0) is 16.7. The van der Waals surface area contributed by atoms with Gasteiger partial charge in [0.1, 0.15) is 5.69 Å². The van der Waals surface area contributed by atoms with Crippen molar-refractivity contribution in [3.63, 3.8) is 0 Å². The fourth-order valence-electron chi connectivity index (χ4n) is 2.79. The van der Waals surface area contributed by atoms with E-state index in [9.17, 15) is 8.42 Å². The molecular weight excluding hydrogens is 320 g/mol. The summed E-state index contributed by atoms with van der Waals surface area (Å²) in [4.78, 5) is 8.97. The van der Waals surface area contributed by atoms with Crippen molar-refractivity contribution in [2.75, 3.05) is 0 Å². The van der Waals surface area contributed by atoms with Gasteiger partial charge in [-0.25, -0.2) is 18.4 Å². The lowest BCUT2D eigenvalue weighted by Crippen LogP contribution is -2.09. The van der Waals surface area contributed by atoms with Gasteiger partial charge in [0.05, 0.1) is 10.6 Å². The van der Waals surface area contributed by atoms with E-state index in [0.29, 0.717) is 17.0 Å². The number of aryl methyl sites for hydroxylation is 1. The molecule has 2 heterocycles. The Bertz CT molecular complexity index is 1070. The fraction of sp³-hybridized carbons (Fsp3) is 0.0526. The van der Waals surface area contributed by atoms with Gasteiger partial charge in [0.15, 0.2) is 5.03 Å². The minimum Gasteiger partial charge on any atom is -0.245 e. The molecule has 1 aromatic heterocycles. The Morgan fingerprint density at radius 3 is 2.42 bits per heavy atom. The topological polar surface area (TPSA) is 59.4 Å². The van der Waals surface area contributed by atoms with E-state index in [1.54, 1.807) is 30.3 Å². The molecule has 0 fully saturated rings. The summed E-state index contributed by atoms with van der Waals surface area (Å²) >= 11 is 0. The van der Waals surface area contributed by atoms with Gasteiger partial charge < -0.3 is 0 Å². The minimum atomic E-state index is -3.71. The zero-order valence-corrected chi connectivity index (χ0v) is 13.8. The molecule has 0 N–H and O–H groups in total. The number of hydrogen-bond donors (Lipinski definition) is 0. The van der Waals surface area contributed by atoms with Crippen molar-refractivity contribution in [3.8, 4) is 0 Å². The predicted octanol–water partition coefficient (Wildman–Crippen LogP) is 3.71. The van der Waals surface area contributed by atoms with Crippen LogP contribution in [-0.2, 0) is 9.84 Å². The van der Waals surface area contributed by atoms with Crippen LogP contribution >= 0.6 is 0 Å². The maximum atomic E-state index is 13.0. The number of pyridine rings is 1. The first-order chi connectivity index (χ1) is 11.6. The molecule has 0 radical (unpaired) electrons. The first kappa shape index (κ1) is 14.8. The Balaban J connectivity index is 2.10. The van der Waals surface area contributed by atoms with E-state index < -0.39 is 9.84 Å². The van der Waals surface area contributed by atoms with Crippen LogP contribution in [0.15, 0.2) is 81.8 Å². The Labute approximate surface area is 140 Å². The van der Waals surface area contributed by atoms with Gasteiger partial charge in [0, 0.05) is 17.3 Å². The smallest absolute Gasteiger partial charge is 0.226 e. The predicted molar refractivity (Wildman–Crippen MR) is 92.6 cm³/mol. The highest BCUT2D eigenvalue weighted by atomic mass is 32.2. The van der Waals surface area contributed by atoms with Crippen LogP contribution in [0, 0.1) is 6.92 Å². The van der Waals surface area contributed by atoms with Gasteiger partial charge >= 0.3 is 0 Å². The summed E-state index contributed by atoms with van der Waals surface area (Å²) in [5.74, 6) is 0. The quantitative estimate of drug-likeness (QED) is 0.533. The van der Waals surface area contributed by atoms with Crippen molar-refractivity contribution in [2.24, 2.45) is 4.99 Å². The molecule has 118 valence electrons. The second kappa shape index (κ2) is 5.39. The summed E-state index contributed by atoms with van der Waals surface area (Å²) in [6, 6.07) is 18.2. The van der Waals surface area contributed by atoms with Gasteiger partial charge in [-0.05, 0) is 25.1 Å². The molecule has 0 atom stereocenters.